The number of carbonyl (C=O) groups excluding carboxylic acids is 1. The Kier molecular flexibility index (Phi) is 4.54. The molecule has 7 heteroatoms. The van der Waals surface area contributed by atoms with Crippen LogP contribution in [-0.2, 0) is 6.18 Å². The van der Waals surface area contributed by atoms with Crippen LogP contribution in [0.3, 0.4) is 0 Å². The van der Waals surface area contributed by atoms with Gasteiger partial charge < -0.3 is 4.90 Å². The third-order valence-corrected chi connectivity index (χ3v) is 5.02. The van der Waals surface area contributed by atoms with Gasteiger partial charge in [0.1, 0.15) is 11.2 Å². The van der Waals surface area contributed by atoms with Crippen molar-refractivity contribution in [2.75, 3.05) is 12.3 Å². The van der Waals surface area contributed by atoms with E-state index in [0.717, 1.165) is 24.3 Å². The van der Waals surface area contributed by atoms with Crippen molar-refractivity contribution in [2.24, 2.45) is 0 Å². The third-order valence-electron chi connectivity index (χ3n) is 3.78. The van der Waals surface area contributed by atoms with Crippen molar-refractivity contribution in [3.05, 3.63) is 71.0 Å². The highest BCUT2D eigenvalue weighted by atomic mass is 32.2. The molecule has 1 aliphatic rings. The SMILES string of the molecule is O=C(c1ccc(C(F)(F)F)cc1)N1CCS[C@@H]1c1ccccc1F. The lowest BCUT2D eigenvalue weighted by Crippen LogP contribution is -2.30. The Balaban J connectivity index is 1.85. The first kappa shape index (κ1) is 16.8. The molecular formula is C17H13F4NOS. The Bertz CT molecular complexity index is 745. The fraction of sp³-hybridized carbons (Fsp3) is 0.235. The number of rotatable bonds is 2. The van der Waals surface area contributed by atoms with E-state index in [9.17, 15) is 22.4 Å². The summed E-state index contributed by atoms with van der Waals surface area (Å²) in [6.07, 6.45) is -4.44. The number of thioether (sulfide) groups is 1. The third kappa shape index (κ3) is 3.26. The van der Waals surface area contributed by atoms with Gasteiger partial charge in [0.25, 0.3) is 5.91 Å². The summed E-state index contributed by atoms with van der Waals surface area (Å²) in [7, 11) is 0. The molecule has 0 spiro atoms. The van der Waals surface area contributed by atoms with Gasteiger partial charge in [-0.1, -0.05) is 18.2 Å². The van der Waals surface area contributed by atoms with Crippen LogP contribution in [0.1, 0.15) is 26.9 Å². The molecule has 0 radical (unpaired) electrons. The van der Waals surface area contributed by atoms with E-state index < -0.39 is 28.8 Å². The topological polar surface area (TPSA) is 20.3 Å². The maximum atomic E-state index is 14.0. The lowest BCUT2D eigenvalue weighted by Gasteiger charge is -2.24. The van der Waals surface area contributed by atoms with Gasteiger partial charge in [-0.15, -0.1) is 11.8 Å². The molecule has 126 valence electrons. The highest BCUT2D eigenvalue weighted by molar-refractivity contribution is 7.99. The van der Waals surface area contributed by atoms with Gasteiger partial charge in [-0.05, 0) is 30.3 Å². The van der Waals surface area contributed by atoms with Crippen LogP contribution in [0.4, 0.5) is 17.6 Å². The summed E-state index contributed by atoms with van der Waals surface area (Å²) in [4.78, 5) is 14.1. The predicted molar refractivity (Wildman–Crippen MR) is 84.1 cm³/mol. The van der Waals surface area contributed by atoms with Crippen molar-refractivity contribution in [3.8, 4) is 0 Å². The van der Waals surface area contributed by atoms with E-state index in [1.807, 2.05) is 0 Å². The lowest BCUT2D eigenvalue weighted by molar-refractivity contribution is -0.137. The molecule has 0 aromatic heterocycles. The van der Waals surface area contributed by atoms with Crippen LogP contribution in [0.15, 0.2) is 48.5 Å². The summed E-state index contributed by atoms with van der Waals surface area (Å²) >= 11 is 1.43. The molecule has 2 aromatic carbocycles. The van der Waals surface area contributed by atoms with Crippen LogP contribution < -0.4 is 0 Å². The summed E-state index contributed by atoms with van der Waals surface area (Å²) < 4.78 is 51.8. The molecule has 0 N–H and O–H groups in total. The van der Waals surface area contributed by atoms with E-state index in [1.54, 1.807) is 18.2 Å². The first-order valence-corrected chi connectivity index (χ1v) is 8.27. The van der Waals surface area contributed by atoms with Crippen molar-refractivity contribution in [1.82, 2.24) is 4.90 Å². The first-order valence-electron chi connectivity index (χ1n) is 7.22. The van der Waals surface area contributed by atoms with Crippen LogP contribution in [0.25, 0.3) is 0 Å². The highest BCUT2D eigenvalue weighted by Crippen LogP contribution is 2.40. The molecule has 2 aromatic rings. The van der Waals surface area contributed by atoms with Crippen molar-refractivity contribution in [2.45, 2.75) is 11.6 Å². The van der Waals surface area contributed by atoms with Gasteiger partial charge in [-0.25, -0.2) is 4.39 Å². The maximum absolute atomic E-state index is 14.0. The minimum atomic E-state index is -4.44. The average Bonchev–Trinajstić information content (AvgIpc) is 3.03. The fourth-order valence-corrected chi connectivity index (χ4v) is 3.86. The van der Waals surface area contributed by atoms with E-state index in [0.29, 0.717) is 17.9 Å². The summed E-state index contributed by atoms with van der Waals surface area (Å²) in [5.41, 5.74) is -0.243. The van der Waals surface area contributed by atoms with E-state index in [-0.39, 0.29) is 5.56 Å². The highest BCUT2D eigenvalue weighted by Gasteiger charge is 2.34. The Morgan fingerprint density at radius 2 is 1.75 bits per heavy atom. The Morgan fingerprint density at radius 3 is 2.38 bits per heavy atom. The van der Waals surface area contributed by atoms with Gasteiger partial charge in [0.15, 0.2) is 0 Å². The van der Waals surface area contributed by atoms with Crippen LogP contribution in [0.2, 0.25) is 0 Å². The number of hydrogen-bond acceptors (Lipinski definition) is 2. The molecule has 1 aliphatic heterocycles. The smallest absolute Gasteiger partial charge is 0.322 e. The molecule has 0 unspecified atom stereocenters. The van der Waals surface area contributed by atoms with Crippen LogP contribution in [0.5, 0.6) is 0 Å². The van der Waals surface area contributed by atoms with Gasteiger partial charge in [-0.3, -0.25) is 4.79 Å². The zero-order valence-corrected chi connectivity index (χ0v) is 13.2. The number of benzene rings is 2. The van der Waals surface area contributed by atoms with Crippen molar-refractivity contribution in [1.29, 1.82) is 0 Å². The lowest BCUT2D eigenvalue weighted by atomic mass is 10.1. The first-order chi connectivity index (χ1) is 11.4. The summed E-state index contributed by atoms with van der Waals surface area (Å²) in [5.74, 6) is -0.158. The second-order valence-electron chi connectivity index (χ2n) is 5.32. The number of amides is 1. The molecule has 24 heavy (non-hydrogen) atoms. The predicted octanol–water partition coefficient (Wildman–Crippen LogP) is 4.73. The van der Waals surface area contributed by atoms with Gasteiger partial charge in [-0.2, -0.15) is 13.2 Å². The molecular weight excluding hydrogens is 342 g/mol. The quantitative estimate of drug-likeness (QED) is 0.726. The summed E-state index contributed by atoms with van der Waals surface area (Å²) in [6.45, 7) is 0.420. The molecule has 1 amide bonds. The maximum Gasteiger partial charge on any atom is 0.416 e. The fourth-order valence-electron chi connectivity index (χ4n) is 2.58. The van der Waals surface area contributed by atoms with E-state index in [1.165, 1.54) is 22.7 Å². The largest absolute Gasteiger partial charge is 0.416 e. The zero-order valence-electron chi connectivity index (χ0n) is 12.4. The van der Waals surface area contributed by atoms with Gasteiger partial charge in [0, 0.05) is 23.4 Å². The molecule has 0 bridgehead atoms. The molecule has 1 heterocycles. The Morgan fingerprint density at radius 1 is 1.08 bits per heavy atom. The Hall–Kier alpha value is -2.02. The number of alkyl halides is 3. The Labute approximate surface area is 140 Å². The van der Waals surface area contributed by atoms with E-state index >= 15 is 0 Å². The molecule has 1 atom stereocenters. The summed E-state index contributed by atoms with van der Waals surface area (Å²) in [5, 5.41) is -0.471. The number of nitrogens with zero attached hydrogens (tertiary/aromatic N) is 1. The van der Waals surface area contributed by atoms with Gasteiger partial charge in [0.05, 0.1) is 5.56 Å². The molecule has 1 fully saturated rings. The number of carbonyl (C=O) groups is 1. The molecule has 1 saturated heterocycles. The molecule has 0 aliphatic carbocycles. The van der Waals surface area contributed by atoms with Crippen LogP contribution >= 0.6 is 11.8 Å². The average molecular weight is 355 g/mol. The van der Waals surface area contributed by atoms with Crippen molar-refractivity contribution in [3.63, 3.8) is 0 Å². The van der Waals surface area contributed by atoms with E-state index in [2.05, 4.69) is 0 Å². The van der Waals surface area contributed by atoms with Crippen LogP contribution in [-0.4, -0.2) is 23.1 Å². The monoisotopic (exact) mass is 355 g/mol. The minimum absolute atomic E-state index is 0.159. The molecule has 2 nitrogen and oxygen atoms in total. The molecule has 3 rings (SSSR count). The standard InChI is InChI=1S/C17H13F4NOS/c18-14-4-2-1-3-13(14)16-22(9-10-24-16)15(23)11-5-7-12(8-6-11)17(19,20)21/h1-8,16H,9-10H2/t16-/m1/s1. The normalized spacial score (nSPS) is 18.0. The second kappa shape index (κ2) is 6.47. The summed E-state index contributed by atoms with van der Waals surface area (Å²) in [6, 6.07) is 10.3. The van der Waals surface area contributed by atoms with Gasteiger partial charge in [0.2, 0.25) is 0 Å². The van der Waals surface area contributed by atoms with Crippen LogP contribution in [0, 0.1) is 5.82 Å². The second-order valence-corrected chi connectivity index (χ2v) is 6.51. The van der Waals surface area contributed by atoms with Gasteiger partial charge >= 0.3 is 6.18 Å². The number of hydrogen-bond donors (Lipinski definition) is 0. The van der Waals surface area contributed by atoms with Crippen molar-refractivity contribution >= 4 is 17.7 Å². The van der Waals surface area contributed by atoms with E-state index in [4.69, 9.17) is 0 Å². The molecule has 0 saturated carbocycles. The zero-order chi connectivity index (χ0) is 17.3. The minimum Gasteiger partial charge on any atom is -0.322 e. The van der Waals surface area contributed by atoms with Crippen molar-refractivity contribution < 1.29 is 22.4 Å². The number of halogens is 4.